The lowest BCUT2D eigenvalue weighted by molar-refractivity contribution is 0.669. The summed E-state index contributed by atoms with van der Waals surface area (Å²) >= 11 is 1.87. The van der Waals surface area contributed by atoms with Crippen molar-refractivity contribution in [2.24, 2.45) is 0 Å². The SMILES string of the molecule is c1ccc(C2(c3ccccc3)c3ccccc3-c3c(N(c4ccc(-c5cccc6c5sc5ccccc56)cc4)c4ccc5oc6ccccc6c5c4)cccc32)cc1. The van der Waals surface area contributed by atoms with Crippen molar-refractivity contribution >= 4 is 70.5 Å². The Bertz CT molecular complexity index is 3300. The predicted molar refractivity (Wildman–Crippen MR) is 244 cm³/mol. The van der Waals surface area contributed by atoms with E-state index < -0.39 is 5.41 Å². The maximum Gasteiger partial charge on any atom is 0.135 e. The molecule has 0 amide bonds. The van der Waals surface area contributed by atoms with Gasteiger partial charge in [0.1, 0.15) is 11.2 Å². The van der Waals surface area contributed by atoms with Gasteiger partial charge in [-0.25, -0.2) is 0 Å². The molecular weight excluding hydrogens is 723 g/mol. The fraction of sp³-hybridized carbons (Fsp3) is 0.0182. The maximum atomic E-state index is 6.35. The zero-order valence-electron chi connectivity index (χ0n) is 31.5. The third kappa shape index (κ3) is 4.78. The van der Waals surface area contributed by atoms with E-state index in [-0.39, 0.29) is 0 Å². The largest absolute Gasteiger partial charge is 0.456 e. The first-order valence-electron chi connectivity index (χ1n) is 19.8. The smallest absolute Gasteiger partial charge is 0.135 e. The molecule has 0 saturated carbocycles. The van der Waals surface area contributed by atoms with Crippen LogP contribution in [0.15, 0.2) is 217 Å². The topological polar surface area (TPSA) is 16.4 Å². The second-order valence-electron chi connectivity index (χ2n) is 15.2. The average molecular weight is 758 g/mol. The van der Waals surface area contributed by atoms with Crippen molar-refractivity contribution in [3.63, 3.8) is 0 Å². The molecule has 2 nitrogen and oxygen atoms in total. The lowest BCUT2D eigenvalue weighted by Gasteiger charge is -2.34. The summed E-state index contributed by atoms with van der Waals surface area (Å²) in [5.74, 6) is 0. The number of anilines is 3. The average Bonchev–Trinajstić information content (AvgIpc) is 3.96. The molecule has 0 fully saturated rings. The summed E-state index contributed by atoms with van der Waals surface area (Å²) in [5, 5.41) is 4.84. The van der Waals surface area contributed by atoms with Gasteiger partial charge in [0.2, 0.25) is 0 Å². The van der Waals surface area contributed by atoms with Crippen LogP contribution in [0.1, 0.15) is 22.3 Å². The molecule has 0 atom stereocenters. The Morgan fingerprint density at radius 2 is 1.02 bits per heavy atom. The van der Waals surface area contributed by atoms with Gasteiger partial charge in [0.05, 0.1) is 11.1 Å². The molecule has 11 aromatic rings. The van der Waals surface area contributed by atoms with E-state index in [2.05, 4.69) is 211 Å². The monoisotopic (exact) mass is 757 g/mol. The van der Waals surface area contributed by atoms with Gasteiger partial charge in [-0.15, -0.1) is 11.3 Å². The summed E-state index contributed by atoms with van der Waals surface area (Å²) in [6, 6.07) is 77.5. The molecule has 0 N–H and O–H groups in total. The van der Waals surface area contributed by atoms with Crippen molar-refractivity contribution in [1.29, 1.82) is 0 Å². The van der Waals surface area contributed by atoms with Crippen LogP contribution in [0.3, 0.4) is 0 Å². The minimum absolute atomic E-state index is 0.506. The Kier molecular flexibility index (Phi) is 7.35. The van der Waals surface area contributed by atoms with Crippen LogP contribution >= 0.6 is 11.3 Å². The summed E-state index contributed by atoms with van der Waals surface area (Å²) in [7, 11) is 0. The molecule has 3 heteroatoms. The minimum atomic E-state index is -0.506. The Balaban J connectivity index is 1.11. The molecule has 0 radical (unpaired) electrons. The number of para-hydroxylation sites is 1. The van der Waals surface area contributed by atoms with E-state index in [1.54, 1.807) is 0 Å². The van der Waals surface area contributed by atoms with Gasteiger partial charge in [-0.1, -0.05) is 164 Å². The second kappa shape index (κ2) is 12.9. The van der Waals surface area contributed by atoms with Crippen LogP contribution in [0.4, 0.5) is 17.1 Å². The predicted octanol–water partition coefficient (Wildman–Crippen LogP) is 15.5. The minimum Gasteiger partial charge on any atom is -0.456 e. The Morgan fingerprint density at radius 1 is 0.414 bits per heavy atom. The van der Waals surface area contributed by atoms with Crippen molar-refractivity contribution in [2.75, 3.05) is 4.90 Å². The zero-order chi connectivity index (χ0) is 38.2. The lowest BCUT2D eigenvalue weighted by Crippen LogP contribution is -2.28. The number of thiophene rings is 1. The first kappa shape index (κ1) is 33.0. The highest BCUT2D eigenvalue weighted by Gasteiger charge is 2.47. The number of hydrogen-bond donors (Lipinski definition) is 0. The highest BCUT2D eigenvalue weighted by atomic mass is 32.1. The zero-order valence-corrected chi connectivity index (χ0v) is 32.3. The highest BCUT2D eigenvalue weighted by Crippen LogP contribution is 2.59. The molecule has 272 valence electrons. The van der Waals surface area contributed by atoms with Gasteiger partial charge in [0, 0.05) is 47.9 Å². The maximum absolute atomic E-state index is 6.35. The van der Waals surface area contributed by atoms with Crippen LogP contribution in [-0.2, 0) is 5.41 Å². The molecule has 2 heterocycles. The molecule has 1 aliphatic rings. The number of nitrogens with zero attached hydrogens (tertiary/aromatic N) is 1. The summed E-state index contributed by atoms with van der Waals surface area (Å²) in [4.78, 5) is 2.45. The van der Waals surface area contributed by atoms with E-state index >= 15 is 0 Å². The Labute approximate surface area is 340 Å². The summed E-state index contributed by atoms with van der Waals surface area (Å²) in [6.45, 7) is 0. The van der Waals surface area contributed by atoms with Gasteiger partial charge in [-0.2, -0.15) is 0 Å². The van der Waals surface area contributed by atoms with Crippen LogP contribution < -0.4 is 4.90 Å². The molecule has 0 spiro atoms. The van der Waals surface area contributed by atoms with E-state index in [0.29, 0.717) is 0 Å². The van der Waals surface area contributed by atoms with Gasteiger partial charge >= 0.3 is 0 Å². The molecule has 1 aliphatic carbocycles. The van der Waals surface area contributed by atoms with Crippen molar-refractivity contribution in [3.8, 4) is 22.3 Å². The molecular formula is C55H35NOS. The summed E-state index contributed by atoms with van der Waals surface area (Å²) < 4.78 is 8.98. The molecule has 0 aliphatic heterocycles. The summed E-state index contributed by atoms with van der Waals surface area (Å²) in [5.41, 5.74) is 14.6. The van der Waals surface area contributed by atoms with Crippen molar-refractivity contribution in [1.82, 2.24) is 0 Å². The molecule has 0 unspecified atom stereocenters. The molecule has 0 saturated heterocycles. The van der Waals surface area contributed by atoms with Crippen LogP contribution in [0.2, 0.25) is 0 Å². The molecule has 0 bridgehead atoms. The number of benzene rings is 9. The van der Waals surface area contributed by atoms with E-state index in [9.17, 15) is 0 Å². The number of fused-ring (bicyclic) bond motifs is 9. The molecule has 9 aromatic carbocycles. The van der Waals surface area contributed by atoms with Gasteiger partial charge < -0.3 is 9.32 Å². The fourth-order valence-corrected chi connectivity index (χ4v) is 10.9. The number of furan rings is 1. The van der Waals surface area contributed by atoms with E-state index in [4.69, 9.17) is 4.42 Å². The Morgan fingerprint density at radius 3 is 1.83 bits per heavy atom. The second-order valence-corrected chi connectivity index (χ2v) is 16.2. The van der Waals surface area contributed by atoms with Crippen molar-refractivity contribution < 1.29 is 4.42 Å². The van der Waals surface area contributed by atoms with Crippen LogP contribution in [0.25, 0.3) is 64.4 Å². The van der Waals surface area contributed by atoms with E-state index in [0.717, 1.165) is 39.0 Å². The van der Waals surface area contributed by atoms with Crippen molar-refractivity contribution in [3.05, 3.63) is 235 Å². The third-order valence-corrected chi connectivity index (χ3v) is 13.4. The van der Waals surface area contributed by atoms with Crippen LogP contribution in [-0.4, -0.2) is 0 Å². The van der Waals surface area contributed by atoms with Gasteiger partial charge in [0.15, 0.2) is 0 Å². The highest BCUT2D eigenvalue weighted by molar-refractivity contribution is 7.26. The van der Waals surface area contributed by atoms with Crippen LogP contribution in [0, 0.1) is 0 Å². The lowest BCUT2D eigenvalue weighted by atomic mass is 9.68. The molecule has 58 heavy (non-hydrogen) atoms. The number of hydrogen-bond acceptors (Lipinski definition) is 3. The van der Waals surface area contributed by atoms with Crippen LogP contribution in [0.5, 0.6) is 0 Å². The third-order valence-electron chi connectivity index (χ3n) is 12.2. The van der Waals surface area contributed by atoms with E-state index in [1.165, 1.54) is 64.7 Å². The van der Waals surface area contributed by atoms with Gasteiger partial charge in [-0.3, -0.25) is 0 Å². The molecule has 2 aromatic heterocycles. The first-order valence-corrected chi connectivity index (χ1v) is 20.7. The quantitative estimate of drug-likeness (QED) is 0.168. The van der Waals surface area contributed by atoms with Crippen molar-refractivity contribution in [2.45, 2.75) is 5.41 Å². The summed E-state index contributed by atoms with van der Waals surface area (Å²) in [6.07, 6.45) is 0. The fourth-order valence-electron chi connectivity index (χ4n) is 9.71. The first-order chi connectivity index (χ1) is 28.8. The standard InChI is InChI=1S/C55H35NOS/c1-3-15-37(16-4-1)55(38-17-5-2-6-18-38)47-24-10-7-21-45(47)53-48(55)25-14-26-49(53)56(40-33-34-51-46(35-40)42-19-8-11-27-50(42)57-51)39-31-29-36(30-32-39)41-22-13-23-44-43-20-9-12-28-52(43)58-54(41)44/h1-35H. The van der Waals surface area contributed by atoms with Gasteiger partial charge in [0.25, 0.3) is 0 Å². The molecule has 12 rings (SSSR count). The Hall–Kier alpha value is -7.20. The van der Waals surface area contributed by atoms with E-state index in [1.807, 2.05) is 17.4 Å². The normalized spacial score (nSPS) is 13.0. The number of rotatable bonds is 6. The van der Waals surface area contributed by atoms with Gasteiger partial charge in [-0.05, 0) is 87.5 Å².